The van der Waals surface area contributed by atoms with E-state index in [4.69, 9.17) is 5.10 Å². The Morgan fingerprint density at radius 2 is 1.71 bits per heavy atom. The van der Waals surface area contributed by atoms with Crippen LogP contribution in [0.5, 0.6) is 0 Å². The van der Waals surface area contributed by atoms with Gasteiger partial charge < -0.3 is 5.32 Å². The van der Waals surface area contributed by atoms with Gasteiger partial charge in [-0.25, -0.2) is 13.5 Å². The topological polar surface area (TPSA) is 46.9 Å². The molecule has 2 aromatic rings. The Hall–Kier alpha value is -2.24. The molecule has 6 heteroatoms. The predicted octanol–water partition coefficient (Wildman–Crippen LogP) is 6.02. The van der Waals surface area contributed by atoms with E-state index in [0.717, 1.165) is 67.2 Å². The molecule has 8 rings (SSSR count). The first kappa shape index (κ1) is 21.1. The summed E-state index contributed by atoms with van der Waals surface area (Å²) in [7, 11) is 0. The number of nitrogens with zero attached hydrogens (tertiary/aromatic N) is 2. The molecule has 0 saturated heterocycles. The quantitative estimate of drug-likeness (QED) is 0.602. The van der Waals surface area contributed by atoms with Crippen LogP contribution in [0.3, 0.4) is 0 Å². The normalized spacial score (nSPS) is 38.4. The summed E-state index contributed by atoms with van der Waals surface area (Å²) >= 11 is 0. The van der Waals surface area contributed by atoms with E-state index in [1.165, 1.54) is 31.4 Å². The second-order valence-electron chi connectivity index (χ2n) is 12.9. The minimum Gasteiger partial charge on any atom is -0.345 e. The summed E-state index contributed by atoms with van der Waals surface area (Å²) in [6.45, 7) is 6.74. The van der Waals surface area contributed by atoms with Crippen LogP contribution in [-0.4, -0.2) is 21.2 Å². The number of hydrogen-bond acceptors (Lipinski definition) is 2. The molecule has 5 saturated carbocycles. The molecule has 1 aromatic carbocycles. The molecule has 0 radical (unpaired) electrons. The highest BCUT2D eigenvalue weighted by molar-refractivity contribution is 5.95. The first-order chi connectivity index (χ1) is 16.1. The third-order valence-electron chi connectivity index (χ3n) is 10.8. The van der Waals surface area contributed by atoms with Crippen LogP contribution in [0.2, 0.25) is 0 Å². The largest absolute Gasteiger partial charge is 0.345 e. The zero-order valence-electron chi connectivity index (χ0n) is 20.3. The van der Waals surface area contributed by atoms with Crippen molar-refractivity contribution >= 4 is 5.91 Å². The number of benzene rings is 1. The fourth-order valence-electron chi connectivity index (χ4n) is 9.28. The van der Waals surface area contributed by atoms with Crippen molar-refractivity contribution in [3.63, 3.8) is 0 Å². The molecule has 180 valence electrons. The Morgan fingerprint density at radius 3 is 2.32 bits per heavy atom. The molecule has 2 atom stereocenters. The van der Waals surface area contributed by atoms with Gasteiger partial charge in [0.15, 0.2) is 11.5 Å². The number of hydrogen-bond donors (Lipinski definition) is 1. The monoisotopic (exact) mass is 465 g/mol. The number of carbonyl (C=O) groups excluding carboxylic acids is 1. The van der Waals surface area contributed by atoms with Crippen LogP contribution in [0, 0.1) is 34.8 Å². The lowest BCUT2D eigenvalue weighted by Crippen LogP contribution is -2.60. The van der Waals surface area contributed by atoms with E-state index in [9.17, 15) is 13.6 Å². The lowest BCUT2D eigenvalue weighted by Gasteiger charge is -2.56. The third kappa shape index (κ3) is 2.58. The van der Waals surface area contributed by atoms with Crippen LogP contribution >= 0.6 is 0 Å². The van der Waals surface area contributed by atoms with Gasteiger partial charge in [-0.15, -0.1) is 0 Å². The molecule has 1 aromatic heterocycles. The van der Waals surface area contributed by atoms with Crippen LogP contribution in [0.15, 0.2) is 18.2 Å². The summed E-state index contributed by atoms with van der Waals surface area (Å²) < 4.78 is 30.3. The van der Waals surface area contributed by atoms with E-state index in [2.05, 4.69) is 26.1 Å². The van der Waals surface area contributed by atoms with E-state index in [0.29, 0.717) is 5.69 Å². The fraction of sp³-hybridized carbons (Fsp3) is 0.643. The second kappa shape index (κ2) is 6.50. The first-order valence-corrected chi connectivity index (χ1v) is 13.0. The number of aromatic nitrogens is 2. The van der Waals surface area contributed by atoms with Crippen molar-refractivity contribution in [3.05, 3.63) is 46.8 Å². The van der Waals surface area contributed by atoms with Gasteiger partial charge in [0.05, 0.1) is 5.69 Å². The molecule has 6 aliphatic carbocycles. The summed E-state index contributed by atoms with van der Waals surface area (Å²) in [6.07, 6.45) is 9.16. The van der Waals surface area contributed by atoms with Gasteiger partial charge in [0.2, 0.25) is 0 Å². The number of carbonyl (C=O) groups is 1. The lowest BCUT2D eigenvalue weighted by atomic mass is 9.53. The summed E-state index contributed by atoms with van der Waals surface area (Å²) in [5.74, 6) is 1.04. The van der Waals surface area contributed by atoms with Gasteiger partial charge in [0.25, 0.3) is 5.91 Å². The highest BCUT2D eigenvalue weighted by atomic mass is 19.1. The molecule has 1 N–H and O–H groups in total. The zero-order valence-corrected chi connectivity index (χ0v) is 20.3. The molecule has 34 heavy (non-hydrogen) atoms. The van der Waals surface area contributed by atoms with Crippen LogP contribution in [0.4, 0.5) is 8.78 Å². The maximum atomic E-state index is 15.0. The molecule has 2 unspecified atom stereocenters. The molecule has 0 spiro atoms. The Morgan fingerprint density at radius 1 is 1.06 bits per heavy atom. The highest BCUT2D eigenvalue weighted by Gasteiger charge is 2.63. The Bertz CT molecular complexity index is 1200. The Balaban J connectivity index is 1.34. The standard InChI is InChI=1S/C28H33F2N3O/c1-26(2)19-6-7-27(26,3)24-22(19)23(32-33(24)21-5-4-18(29)11-20(21)30)25(34)31-28-12-15-8-16(13-28)10-17(9-15)14-28/h4-5,11,15-17,19H,6-10,12-14H2,1-3H3,(H,31,34). The Kier molecular flexibility index (Phi) is 4.03. The minimum atomic E-state index is -0.650. The highest BCUT2D eigenvalue weighted by Crippen LogP contribution is 2.68. The molecule has 4 nitrogen and oxygen atoms in total. The van der Waals surface area contributed by atoms with Gasteiger partial charge in [0.1, 0.15) is 11.5 Å². The van der Waals surface area contributed by atoms with Gasteiger partial charge in [-0.05, 0) is 92.6 Å². The van der Waals surface area contributed by atoms with Crippen molar-refractivity contribution in [2.45, 2.75) is 89.0 Å². The molecule has 6 aliphatic rings. The number of halogens is 2. The van der Waals surface area contributed by atoms with Gasteiger partial charge in [-0.2, -0.15) is 5.10 Å². The van der Waals surface area contributed by atoms with E-state index in [-0.39, 0.29) is 33.9 Å². The number of nitrogens with one attached hydrogen (secondary N) is 1. The van der Waals surface area contributed by atoms with Crippen LogP contribution in [0.25, 0.3) is 5.69 Å². The van der Waals surface area contributed by atoms with Gasteiger partial charge in [-0.3, -0.25) is 4.79 Å². The van der Waals surface area contributed by atoms with Crippen LogP contribution in [0.1, 0.15) is 99.8 Å². The summed E-state index contributed by atoms with van der Waals surface area (Å²) in [4.78, 5) is 13.9. The van der Waals surface area contributed by atoms with Crippen molar-refractivity contribution in [3.8, 4) is 5.69 Å². The maximum absolute atomic E-state index is 15.0. The summed E-state index contributed by atoms with van der Waals surface area (Å²) in [6, 6.07) is 3.61. The van der Waals surface area contributed by atoms with Crippen molar-refractivity contribution in [2.75, 3.05) is 0 Å². The lowest BCUT2D eigenvalue weighted by molar-refractivity contribution is -0.0168. The zero-order chi connectivity index (χ0) is 23.6. The van der Waals surface area contributed by atoms with Crippen molar-refractivity contribution in [1.29, 1.82) is 0 Å². The van der Waals surface area contributed by atoms with Crippen molar-refractivity contribution in [2.24, 2.45) is 23.2 Å². The van der Waals surface area contributed by atoms with Crippen LogP contribution < -0.4 is 5.32 Å². The predicted molar refractivity (Wildman–Crippen MR) is 125 cm³/mol. The number of amides is 1. The smallest absolute Gasteiger partial charge is 0.272 e. The molecule has 5 fully saturated rings. The number of rotatable bonds is 3. The summed E-state index contributed by atoms with van der Waals surface area (Å²) in [5, 5.41) is 8.27. The molecular weight excluding hydrogens is 432 g/mol. The van der Waals surface area contributed by atoms with Gasteiger partial charge in [-0.1, -0.05) is 20.8 Å². The van der Waals surface area contributed by atoms with E-state index >= 15 is 0 Å². The SMILES string of the molecule is CC12CCC(c3c(C(=O)NC45CC6CC(CC(C6)C4)C5)nn(-c4ccc(F)cc4F)c31)C2(C)C. The van der Waals surface area contributed by atoms with Gasteiger partial charge >= 0.3 is 0 Å². The van der Waals surface area contributed by atoms with Crippen molar-refractivity contribution < 1.29 is 13.6 Å². The Labute approximate surface area is 199 Å². The van der Waals surface area contributed by atoms with Gasteiger partial charge in [0, 0.05) is 22.6 Å². The molecule has 6 bridgehead atoms. The van der Waals surface area contributed by atoms with E-state index in [1.807, 2.05) is 0 Å². The van der Waals surface area contributed by atoms with E-state index < -0.39 is 11.6 Å². The third-order valence-corrected chi connectivity index (χ3v) is 10.8. The van der Waals surface area contributed by atoms with E-state index in [1.54, 1.807) is 4.68 Å². The first-order valence-electron chi connectivity index (χ1n) is 13.0. The maximum Gasteiger partial charge on any atom is 0.272 e. The molecule has 0 aliphatic heterocycles. The molecule has 1 amide bonds. The average molecular weight is 466 g/mol. The molecular formula is C28H33F2N3O. The number of fused-ring (bicyclic) bond motifs is 5. The minimum absolute atomic E-state index is 0.0609. The van der Waals surface area contributed by atoms with Crippen molar-refractivity contribution in [1.82, 2.24) is 15.1 Å². The second-order valence-corrected chi connectivity index (χ2v) is 12.9. The molecule has 1 heterocycles. The van der Waals surface area contributed by atoms with Crippen LogP contribution in [-0.2, 0) is 5.41 Å². The average Bonchev–Trinajstić information content (AvgIpc) is 3.29. The fourth-order valence-corrected chi connectivity index (χ4v) is 9.28. The summed E-state index contributed by atoms with van der Waals surface area (Å²) in [5.41, 5.74) is 2.21.